The van der Waals surface area contributed by atoms with Crippen molar-refractivity contribution in [1.82, 2.24) is 14.8 Å². The van der Waals surface area contributed by atoms with Crippen LogP contribution >= 0.6 is 11.6 Å². The van der Waals surface area contributed by atoms with Gasteiger partial charge >= 0.3 is 0 Å². The first kappa shape index (κ1) is 12.5. The molecule has 0 aromatic carbocycles. The maximum Gasteiger partial charge on any atom is 0.138 e. The van der Waals surface area contributed by atoms with Crippen molar-refractivity contribution in [2.75, 3.05) is 0 Å². The van der Waals surface area contributed by atoms with Crippen molar-refractivity contribution < 1.29 is 0 Å². The first-order valence-electron chi connectivity index (χ1n) is 5.58. The molecule has 1 aromatic heterocycles. The number of halogens is 1. The molecule has 0 aliphatic carbocycles. The predicted octanol–water partition coefficient (Wildman–Crippen LogP) is 3.06. The standard InChI is InChI=1S/C11H20ClN3/c1-5-10(9(4)12)6-11-13-7-14-15(11)8(2)3/h7-10H,5-6H2,1-4H3. The van der Waals surface area contributed by atoms with Crippen LogP contribution in [0.1, 0.15) is 46.0 Å². The highest BCUT2D eigenvalue weighted by atomic mass is 35.5. The van der Waals surface area contributed by atoms with Crippen LogP contribution < -0.4 is 0 Å². The van der Waals surface area contributed by atoms with Crippen LogP contribution in [0.5, 0.6) is 0 Å². The molecule has 0 fully saturated rings. The SMILES string of the molecule is CCC(Cc1ncnn1C(C)C)C(C)Cl. The Balaban J connectivity index is 2.74. The second kappa shape index (κ2) is 5.50. The number of hydrogen-bond acceptors (Lipinski definition) is 2. The number of aromatic nitrogens is 3. The number of alkyl halides is 1. The summed E-state index contributed by atoms with van der Waals surface area (Å²) in [5.41, 5.74) is 0. The topological polar surface area (TPSA) is 30.7 Å². The Kier molecular flexibility index (Phi) is 4.58. The molecule has 0 saturated carbocycles. The third-order valence-corrected chi connectivity index (χ3v) is 3.11. The summed E-state index contributed by atoms with van der Waals surface area (Å²) in [7, 11) is 0. The molecule has 0 aliphatic heterocycles. The molecule has 1 rings (SSSR count). The summed E-state index contributed by atoms with van der Waals surface area (Å²) in [6.45, 7) is 8.44. The number of rotatable bonds is 5. The molecular weight excluding hydrogens is 210 g/mol. The average Bonchev–Trinajstić information content (AvgIpc) is 2.61. The summed E-state index contributed by atoms with van der Waals surface area (Å²) in [6, 6.07) is 0.366. The van der Waals surface area contributed by atoms with Crippen molar-refractivity contribution >= 4 is 11.6 Å². The Morgan fingerprint density at radius 1 is 1.40 bits per heavy atom. The van der Waals surface area contributed by atoms with Crippen LogP contribution in [0.25, 0.3) is 0 Å². The van der Waals surface area contributed by atoms with Crippen molar-refractivity contribution in [2.24, 2.45) is 5.92 Å². The molecule has 86 valence electrons. The highest BCUT2D eigenvalue weighted by molar-refractivity contribution is 6.20. The van der Waals surface area contributed by atoms with Crippen LogP contribution in [0.2, 0.25) is 0 Å². The first-order valence-corrected chi connectivity index (χ1v) is 6.02. The summed E-state index contributed by atoms with van der Waals surface area (Å²) >= 11 is 6.14. The van der Waals surface area contributed by atoms with E-state index in [4.69, 9.17) is 11.6 Å². The third-order valence-electron chi connectivity index (χ3n) is 2.76. The molecule has 0 saturated heterocycles. The van der Waals surface area contributed by atoms with E-state index in [1.165, 1.54) is 0 Å². The van der Waals surface area contributed by atoms with Crippen molar-refractivity contribution in [3.05, 3.63) is 12.2 Å². The van der Waals surface area contributed by atoms with Crippen molar-refractivity contribution in [3.63, 3.8) is 0 Å². The van der Waals surface area contributed by atoms with Gasteiger partial charge in [-0.05, 0) is 26.7 Å². The molecule has 1 aromatic rings. The molecule has 4 heteroatoms. The van der Waals surface area contributed by atoms with E-state index in [1.807, 2.05) is 11.6 Å². The van der Waals surface area contributed by atoms with Gasteiger partial charge in [0.1, 0.15) is 12.2 Å². The lowest BCUT2D eigenvalue weighted by Gasteiger charge is -2.18. The van der Waals surface area contributed by atoms with Gasteiger partial charge in [0.25, 0.3) is 0 Å². The Hall–Kier alpha value is -0.570. The first-order chi connectivity index (χ1) is 7.06. The van der Waals surface area contributed by atoms with E-state index in [0.717, 1.165) is 18.7 Å². The van der Waals surface area contributed by atoms with Gasteiger partial charge in [-0.2, -0.15) is 5.10 Å². The lowest BCUT2D eigenvalue weighted by Crippen LogP contribution is -2.18. The molecule has 0 aliphatic rings. The Morgan fingerprint density at radius 3 is 2.53 bits per heavy atom. The largest absolute Gasteiger partial charge is 0.248 e. The van der Waals surface area contributed by atoms with Crippen LogP contribution in [0.3, 0.4) is 0 Å². The minimum Gasteiger partial charge on any atom is -0.248 e. The van der Waals surface area contributed by atoms with Gasteiger partial charge in [0, 0.05) is 17.8 Å². The quantitative estimate of drug-likeness (QED) is 0.727. The number of hydrogen-bond donors (Lipinski definition) is 0. The molecule has 3 nitrogen and oxygen atoms in total. The van der Waals surface area contributed by atoms with E-state index < -0.39 is 0 Å². The minimum absolute atomic E-state index is 0.187. The van der Waals surface area contributed by atoms with Gasteiger partial charge < -0.3 is 0 Å². The van der Waals surface area contributed by atoms with E-state index in [1.54, 1.807) is 6.33 Å². The fraction of sp³-hybridized carbons (Fsp3) is 0.818. The monoisotopic (exact) mass is 229 g/mol. The zero-order valence-corrected chi connectivity index (χ0v) is 10.7. The van der Waals surface area contributed by atoms with E-state index in [9.17, 15) is 0 Å². The maximum atomic E-state index is 6.14. The van der Waals surface area contributed by atoms with Crippen LogP contribution in [0.4, 0.5) is 0 Å². The lowest BCUT2D eigenvalue weighted by molar-refractivity contribution is 0.440. The fourth-order valence-corrected chi connectivity index (χ4v) is 1.98. The summed E-state index contributed by atoms with van der Waals surface area (Å²) < 4.78 is 1.97. The zero-order valence-electron chi connectivity index (χ0n) is 9.94. The van der Waals surface area contributed by atoms with Crippen LogP contribution in [-0.2, 0) is 6.42 Å². The maximum absolute atomic E-state index is 6.14. The second-order valence-electron chi connectivity index (χ2n) is 4.26. The molecule has 0 N–H and O–H groups in total. The molecule has 2 atom stereocenters. The minimum atomic E-state index is 0.187. The molecule has 0 bridgehead atoms. The van der Waals surface area contributed by atoms with E-state index in [0.29, 0.717) is 12.0 Å². The van der Waals surface area contributed by atoms with Gasteiger partial charge in [-0.25, -0.2) is 9.67 Å². The van der Waals surface area contributed by atoms with Gasteiger partial charge in [-0.15, -0.1) is 11.6 Å². The summed E-state index contributed by atoms with van der Waals surface area (Å²) in [4.78, 5) is 4.30. The summed E-state index contributed by atoms with van der Waals surface area (Å²) in [5.74, 6) is 1.53. The summed E-state index contributed by atoms with van der Waals surface area (Å²) in [5, 5.41) is 4.41. The molecule has 1 heterocycles. The smallest absolute Gasteiger partial charge is 0.138 e. The van der Waals surface area contributed by atoms with Crippen molar-refractivity contribution in [1.29, 1.82) is 0 Å². The highest BCUT2D eigenvalue weighted by Gasteiger charge is 2.17. The van der Waals surface area contributed by atoms with Crippen molar-refractivity contribution in [3.8, 4) is 0 Å². The van der Waals surface area contributed by atoms with E-state index in [-0.39, 0.29) is 5.38 Å². The third kappa shape index (κ3) is 3.20. The second-order valence-corrected chi connectivity index (χ2v) is 4.95. The normalized spacial score (nSPS) is 15.6. The highest BCUT2D eigenvalue weighted by Crippen LogP contribution is 2.19. The lowest BCUT2D eigenvalue weighted by atomic mass is 9.98. The zero-order chi connectivity index (χ0) is 11.4. The van der Waals surface area contributed by atoms with Crippen LogP contribution in [0, 0.1) is 5.92 Å². The van der Waals surface area contributed by atoms with E-state index >= 15 is 0 Å². The molecule has 0 spiro atoms. The van der Waals surface area contributed by atoms with Crippen LogP contribution in [-0.4, -0.2) is 20.1 Å². The molecule has 2 unspecified atom stereocenters. The van der Waals surface area contributed by atoms with Gasteiger partial charge in [0.05, 0.1) is 0 Å². The van der Waals surface area contributed by atoms with E-state index in [2.05, 4.69) is 30.9 Å². The Bertz CT molecular complexity index is 294. The average molecular weight is 230 g/mol. The predicted molar refractivity (Wildman–Crippen MR) is 63.2 cm³/mol. The molecule has 0 amide bonds. The molecular formula is C11H20ClN3. The number of nitrogens with zero attached hydrogens (tertiary/aromatic N) is 3. The van der Waals surface area contributed by atoms with Gasteiger partial charge in [-0.1, -0.05) is 13.3 Å². The summed E-state index contributed by atoms with van der Waals surface area (Å²) in [6.07, 6.45) is 3.62. The Morgan fingerprint density at radius 2 is 2.07 bits per heavy atom. The molecule has 0 radical (unpaired) electrons. The van der Waals surface area contributed by atoms with Crippen LogP contribution in [0.15, 0.2) is 6.33 Å². The van der Waals surface area contributed by atoms with Gasteiger partial charge in [0.15, 0.2) is 0 Å². The van der Waals surface area contributed by atoms with Gasteiger partial charge in [-0.3, -0.25) is 0 Å². The molecule has 15 heavy (non-hydrogen) atoms. The fourth-order valence-electron chi connectivity index (χ4n) is 1.72. The van der Waals surface area contributed by atoms with Gasteiger partial charge in [0.2, 0.25) is 0 Å². The van der Waals surface area contributed by atoms with Crippen molar-refractivity contribution in [2.45, 2.75) is 52.0 Å². The Labute approximate surface area is 96.8 Å².